The Hall–Kier alpha value is -4.06. The maximum Gasteiger partial charge on any atom is 1.00 e. The van der Waals surface area contributed by atoms with E-state index in [1.807, 2.05) is 41.5 Å². The largest absolute Gasteiger partial charge is 1.00 e. The van der Waals surface area contributed by atoms with Crippen LogP contribution >= 0.6 is 0 Å². The van der Waals surface area contributed by atoms with Gasteiger partial charge >= 0.3 is 43.0 Å². The maximum absolute atomic E-state index is 14.0. The number of carboxylic acid groups (broad SMARTS) is 1. The molecule has 13 nitrogen and oxygen atoms in total. The van der Waals surface area contributed by atoms with Gasteiger partial charge in [-0.3, -0.25) is 9.59 Å². The predicted octanol–water partition coefficient (Wildman–Crippen LogP) is 6.07. The zero-order valence-corrected chi connectivity index (χ0v) is 36.2. The van der Waals surface area contributed by atoms with Crippen molar-refractivity contribution < 1.29 is 81.1 Å². The van der Waals surface area contributed by atoms with Crippen LogP contribution in [0.2, 0.25) is 0 Å². The van der Waals surface area contributed by atoms with Gasteiger partial charge in [0, 0.05) is 38.3 Å². The van der Waals surface area contributed by atoms with Crippen molar-refractivity contribution in [2.24, 2.45) is 11.8 Å². The Labute approximate surface area is 367 Å². The molecule has 2 aliphatic rings. The average Bonchev–Trinajstić information content (AvgIpc) is 3.13. The standard InChI is InChI=1S/C22H32FNO5.C21H30FNO5.CH4.Li.H2O/c1-22(2,3)29-21(26)24-11-9-16(10-12-24)6-5-13-28-18-8-7-17(19(23)15-18)14-20(25)27-4;1-21(2,3)28-20(26)23-10-8-15(9-11-23)5-4-12-27-17-7-6-16(13-19(24)25)18(22)14-17;;;/h7-8,15-16H,5-6,9-14H2,1-4H3;6-7,14-15H,4-5,8-13H2,1-3H3,(H,24,25);1H4;;1H2/q;;;+1;/p-1. The van der Waals surface area contributed by atoms with Crippen LogP contribution in [0, 0.1) is 23.5 Å². The Morgan fingerprint density at radius 2 is 1.05 bits per heavy atom. The van der Waals surface area contributed by atoms with E-state index in [1.54, 1.807) is 28.0 Å². The summed E-state index contributed by atoms with van der Waals surface area (Å²) in [6, 6.07) is 8.80. The van der Waals surface area contributed by atoms with Gasteiger partial charge in [-0.2, -0.15) is 0 Å². The molecule has 2 amide bonds. The molecule has 2 fully saturated rings. The number of carbonyl (C=O) groups excluding carboxylic acids is 3. The summed E-state index contributed by atoms with van der Waals surface area (Å²) in [5, 5.41) is 8.73. The van der Waals surface area contributed by atoms with Crippen LogP contribution in [-0.4, -0.2) is 102 Å². The summed E-state index contributed by atoms with van der Waals surface area (Å²) < 4.78 is 54.4. The molecule has 2 aromatic carbocycles. The Morgan fingerprint density at radius 3 is 1.37 bits per heavy atom. The molecule has 0 unspecified atom stereocenters. The van der Waals surface area contributed by atoms with Gasteiger partial charge in [0.1, 0.15) is 34.3 Å². The number of aliphatic carboxylic acids is 1. The van der Waals surface area contributed by atoms with Gasteiger partial charge in [-0.05, 0) is 128 Å². The SMILES string of the molecule is C.CC(C)(C)OC(=O)N1CCC(CCCOc2ccc(CC(=O)O)c(F)c2)CC1.COC(=O)Cc1ccc(OCCCC2CCN(C(=O)OC(C)(C)C)CC2)cc1F.[Li+].[OH-]. The van der Waals surface area contributed by atoms with Crippen molar-refractivity contribution in [3.63, 3.8) is 0 Å². The van der Waals surface area contributed by atoms with Gasteiger partial charge in [0.05, 0.1) is 33.2 Å². The Morgan fingerprint density at radius 1 is 0.683 bits per heavy atom. The number of halogens is 2. The number of hydrogen-bond donors (Lipinski definition) is 1. The molecule has 0 atom stereocenters. The van der Waals surface area contributed by atoms with E-state index in [0.29, 0.717) is 68.3 Å². The first kappa shape index (κ1) is 55.9. The molecular formula is C44H67F2LiN2O11. The van der Waals surface area contributed by atoms with Crippen LogP contribution in [0.3, 0.4) is 0 Å². The third-order valence-electron chi connectivity index (χ3n) is 9.54. The minimum absolute atomic E-state index is 0. The van der Waals surface area contributed by atoms with Crippen LogP contribution in [0.4, 0.5) is 18.4 Å². The molecule has 0 radical (unpaired) electrons. The molecule has 4 rings (SSSR count). The van der Waals surface area contributed by atoms with E-state index in [9.17, 15) is 28.0 Å². The summed E-state index contributed by atoms with van der Waals surface area (Å²) in [5.74, 6) is -0.618. The number of hydrogen-bond acceptors (Lipinski definition) is 10. The second-order valence-corrected chi connectivity index (χ2v) is 16.6. The summed E-state index contributed by atoms with van der Waals surface area (Å²) in [6.45, 7) is 15.0. The zero-order chi connectivity index (χ0) is 42.2. The molecular weight excluding hydrogens is 777 g/mol. The molecule has 2 heterocycles. The van der Waals surface area contributed by atoms with Crippen LogP contribution in [0.15, 0.2) is 36.4 Å². The van der Waals surface area contributed by atoms with Gasteiger partial charge in [-0.25, -0.2) is 18.4 Å². The van der Waals surface area contributed by atoms with Gasteiger partial charge in [-0.15, -0.1) is 0 Å². The first-order chi connectivity index (χ1) is 26.8. The van der Waals surface area contributed by atoms with Gasteiger partial charge in [0.2, 0.25) is 0 Å². The molecule has 334 valence electrons. The molecule has 0 aromatic heterocycles. The smallest absolute Gasteiger partial charge is 0.870 e. The monoisotopic (exact) mass is 844 g/mol. The van der Waals surface area contributed by atoms with Crippen molar-refractivity contribution in [1.29, 1.82) is 0 Å². The van der Waals surface area contributed by atoms with E-state index in [-0.39, 0.29) is 62.4 Å². The molecule has 0 saturated carbocycles. The third kappa shape index (κ3) is 21.5. The fourth-order valence-electron chi connectivity index (χ4n) is 6.50. The summed E-state index contributed by atoms with van der Waals surface area (Å²) in [7, 11) is 1.28. The number of benzene rings is 2. The third-order valence-corrected chi connectivity index (χ3v) is 9.54. The number of likely N-dealkylation sites (tertiary alicyclic amines) is 2. The maximum atomic E-state index is 14.0. The molecule has 2 saturated heterocycles. The quantitative estimate of drug-likeness (QED) is 0.101. The van der Waals surface area contributed by atoms with Crippen molar-refractivity contribution in [1.82, 2.24) is 9.80 Å². The second kappa shape index (κ2) is 27.0. The first-order valence-corrected chi connectivity index (χ1v) is 19.9. The van der Waals surface area contributed by atoms with E-state index in [4.69, 9.17) is 24.1 Å². The number of ether oxygens (including phenoxy) is 5. The van der Waals surface area contributed by atoms with E-state index in [0.717, 1.165) is 51.4 Å². The van der Waals surface area contributed by atoms with Crippen molar-refractivity contribution in [3.05, 3.63) is 59.2 Å². The second-order valence-electron chi connectivity index (χ2n) is 16.6. The van der Waals surface area contributed by atoms with Crippen molar-refractivity contribution in [2.45, 2.75) is 124 Å². The molecule has 0 spiro atoms. The molecule has 0 aliphatic carbocycles. The summed E-state index contributed by atoms with van der Waals surface area (Å²) in [6.07, 6.45) is 6.57. The van der Waals surface area contributed by atoms with E-state index < -0.39 is 34.8 Å². The fraction of sp³-hybridized carbons (Fsp3) is 0.636. The van der Waals surface area contributed by atoms with Crippen LogP contribution < -0.4 is 28.3 Å². The Bertz CT molecular complexity index is 1620. The van der Waals surface area contributed by atoms with Crippen LogP contribution in [0.5, 0.6) is 11.5 Å². The molecule has 60 heavy (non-hydrogen) atoms. The topological polar surface area (TPSA) is 171 Å². The van der Waals surface area contributed by atoms with Gasteiger partial charge < -0.3 is 44.1 Å². The number of carbonyl (C=O) groups is 4. The van der Waals surface area contributed by atoms with Gasteiger partial charge in [0.25, 0.3) is 0 Å². The minimum atomic E-state index is -1.06. The summed E-state index contributed by atoms with van der Waals surface area (Å²) >= 11 is 0. The average molecular weight is 845 g/mol. The van der Waals surface area contributed by atoms with Crippen LogP contribution in [0.25, 0.3) is 0 Å². The first-order valence-electron chi connectivity index (χ1n) is 19.9. The fourth-order valence-corrected chi connectivity index (χ4v) is 6.50. The normalized spacial score (nSPS) is 14.5. The molecule has 2 aromatic rings. The minimum Gasteiger partial charge on any atom is -0.870 e. The van der Waals surface area contributed by atoms with E-state index in [1.165, 1.54) is 25.3 Å². The van der Waals surface area contributed by atoms with Crippen molar-refractivity contribution in [2.75, 3.05) is 46.5 Å². The summed E-state index contributed by atoms with van der Waals surface area (Å²) in [5.41, 5.74) is -0.503. The predicted molar refractivity (Wildman–Crippen MR) is 219 cm³/mol. The number of methoxy groups -OCH3 is 1. The molecule has 2 N–H and O–H groups in total. The number of piperidine rings is 2. The number of nitrogens with zero attached hydrogens (tertiary/aromatic N) is 2. The molecule has 16 heteroatoms. The van der Waals surface area contributed by atoms with Gasteiger partial charge in [0.15, 0.2) is 0 Å². The number of carboxylic acids is 1. The Balaban J connectivity index is 0.00000111. The number of esters is 1. The zero-order valence-electron chi connectivity index (χ0n) is 36.2. The van der Waals surface area contributed by atoms with E-state index in [2.05, 4.69) is 4.74 Å². The number of amides is 2. The van der Waals surface area contributed by atoms with Crippen molar-refractivity contribution in [3.8, 4) is 11.5 Å². The number of rotatable bonds is 14. The van der Waals surface area contributed by atoms with Crippen molar-refractivity contribution >= 4 is 24.1 Å². The van der Waals surface area contributed by atoms with Crippen LogP contribution in [0.1, 0.15) is 111 Å². The molecule has 0 bridgehead atoms. The molecule has 2 aliphatic heterocycles. The van der Waals surface area contributed by atoms with Gasteiger partial charge in [-0.1, -0.05) is 19.6 Å². The van der Waals surface area contributed by atoms with Crippen LogP contribution in [-0.2, 0) is 36.6 Å². The Kier molecular flexibility index (Phi) is 25.2. The van der Waals surface area contributed by atoms with E-state index >= 15 is 0 Å². The summed E-state index contributed by atoms with van der Waals surface area (Å²) in [4.78, 5) is 49.6.